The molecule has 0 unspecified atom stereocenters. The van der Waals surface area contributed by atoms with Crippen LogP contribution in [0.25, 0.3) is 0 Å². The van der Waals surface area contributed by atoms with Crippen LogP contribution in [0.15, 0.2) is 0 Å². The quantitative estimate of drug-likeness (QED) is 0.447. The fourth-order valence-corrected chi connectivity index (χ4v) is 1.85. The van der Waals surface area contributed by atoms with Gasteiger partial charge in [0, 0.05) is 18.4 Å². The van der Waals surface area contributed by atoms with E-state index in [1.54, 1.807) is 0 Å². The first-order valence-electron chi connectivity index (χ1n) is 4.67. The standard InChI is InChI=1S/C9H18O3S/c1-13(11,12)9-7-5-3-2-4-6-8-10/h8H,2-7,9H2,1H3. The van der Waals surface area contributed by atoms with Gasteiger partial charge in [0.05, 0.1) is 0 Å². The number of sulfone groups is 1. The zero-order chi connectivity index (χ0) is 10.2. The Bertz CT molecular complexity index is 219. The molecule has 13 heavy (non-hydrogen) atoms. The van der Waals surface area contributed by atoms with E-state index in [2.05, 4.69) is 0 Å². The number of hydrogen-bond donors (Lipinski definition) is 0. The molecule has 0 rings (SSSR count). The normalized spacial score (nSPS) is 11.5. The lowest BCUT2D eigenvalue weighted by Crippen LogP contribution is -2.02. The highest BCUT2D eigenvalue weighted by molar-refractivity contribution is 7.90. The number of unbranched alkanes of at least 4 members (excludes halogenated alkanes) is 5. The molecule has 0 amide bonds. The first-order chi connectivity index (χ1) is 6.06. The molecule has 0 N–H and O–H groups in total. The summed E-state index contributed by atoms with van der Waals surface area (Å²) < 4.78 is 21.4. The highest BCUT2D eigenvalue weighted by atomic mass is 32.2. The molecule has 0 heterocycles. The maximum atomic E-state index is 10.7. The number of aldehydes is 1. The summed E-state index contributed by atoms with van der Waals surface area (Å²) in [4.78, 5) is 9.95. The third kappa shape index (κ3) is 11.6. The van der Waals surface area contributed by atoms with Gasteiger partial charge in [-0.05, 0) is 12.8 Å². The van der Waals surface area contributed by atoms with Gasteiger partial charge in [-0.3, -0.25) is 0 Å². The molecule has 0 spiro atoms. The van der Waals surface area contributed by atoms with Crippen LogP contribution >= 0.6 is 0 Å². The fourth-order valence-electron chi connectivity index (χ4n) is 1.12. The molecule has 0 bridgehead atoms. The van der Waals surface area contributed by atoms with Crippen LogP contribution in [0.2, 0.25) is 0 Å². The van der Waals surface area contributed by atoms with Crippen LogP contribution in [0.3, 0.4) is 0 Å². The third-order valence-corrected chi connectivity index (χ3v) is 2.87. The van der Waals surface area contributed by atoms with E-state index in [0.717, 1.165) is 38.4 Å². The number of rotatable bonds is 8. The SMILES string of the molecule is CS(=O)(=O)CCCCCCCC=O. The second-order valence-electron chi connectivity index (χ2n) is 3.35. The van der Waals surface area contributed by atoms with E-state index in [1.807, 2.05) is 0 Å². The fraction of sp³-hybridized carbons (Fsp3) is 0.889. The average molecular weight is 206 g/mol. The van der Waals surface area contributed by atoms with Crippen molar-refractivity contribution in [3.63, 3.8) is 0 Å². The molecule has 0 aliphatic heterocycles. The second kappa shape index (κ2) is 7.06. The van der Waals surface area contributed by atoms with Gasteiger partial charge in [-0.25, -0.2) is 8.42 Å². The van der Waals surface area contributed by atoms with Gasteiger partial charge in [0.2, 0.25) is 0 Å². The smallest absolute Gasteiger partial charge is 0.147 e. The summed E-state index contributed by atoms with van der Waals surface area (Å²) in [5.74, 6) is 0.292. The topological polar surface area (TPSA) is 51.2 Å². The molecule has 78 valence electrons. The molecule has 0 aromatic heterocycles. The Balaban J connectivity index is 3.13. The van der Waals surface area contributed by atoms with Crippen LogP contribution in [0.1, 0.15) is 38.5 Å². The predicted octanol–water partition coefficient (Wildman–Crippen LogP) is 1.57. The van der Waals surface area contributed by atoms with Gasteiger partial charge >= 0.3 is 0 Å². The lowest BCUT2D eigenvalue weighted by Gasteiger charge is -1.98. The Kier molecular flexibility index (Phi) is 6.86. The Morgan fingerprint density at radius 2 is 1.54 bits per heavy atom. The van der Waals surface area contributed by atoms with E-state index in [4.69, 9.17) is 0 Å². The van der Waals surface area contributed by atoms with E-state index < -0.39 is 9.84 Å². The maximum absolute atomic E-state index is 10.7. The van der Waals surface area contributed by atoms with Crippen LogP contribution in [0.4, 0.5) is 0 Å². The summed E-state index contributed by atoms with van der Waals surface area (Å²) in [7, 11) is -2.78. The summed E-state index contributed by atoms with van der Waals surface area (Å²) in [6.07, 6.45) is 7.52. The molecule has 0 saturated heterocycles. The van der Waals surface area contributed by atoms with Gasteiger partial charge in [-0.15, -0.1) is 0 Å². The monoisotopic (exact) mass is 206 g/mol. The minimum atomic E-state index is -2.78. The van der Waals surface area contributed by atoms with Gasteiger partial charge in [0.1, 0.15) is 16.1 Å². The zero-order valence-electron chi connectivity index (χ0n) is 8.16. The van der Waals surface area contributed by atoms with Crippen LogP contribution in [0.5, 0.6) is 0 Å². The van der Waals surface area contributed by atoms with Crippen LogP contribution < -0.4 is 0 Å². The molecule has 4 heteroatoms. The van der Waals surface area contributed by atoms with E-state index >= 15 is 0 Å². The number of carbonyl (C=O) groups is 1. The predicted molar refractivity (Wildman–Crippen MR) is 53.5 cm³/mol. The summed E-state index contributed by atoms with van der Waals surface area (Å²) in [5, 5.41) is 0. The van der Waals surface area contributed by atoms with Crippen LogP contribution in [-0.2, 0) is 14.6 Å². The maximum Gasteiger partial charge on any atom is 0.147 e. The van der Waals surface area contributed by atoms with E-state index in [9.17, 15) is 13.2 Å². The van der Waals surface area contributed by atoms with Gasteiger partial charge in [0.25, 0.3) is 0 Å². The molecule has 3 nitrogen and oxygen atoms in total. The van der Waals surface area contributed by atoms with Gasteiger partial charge in [0.15, 0.2) is 0 Å². The van der Waals surface area contributed by atoms with Crippen molar-refractivity contribution in [3.05, 3.63) is 0 Å². The average Bonchev–Trinajstić information content (AvgIpc) is 2.01. The molecule has 0 aliphatic rings. The van der Waals surface area contributed by atoms with Crippen LogP contribution in [-0.4, -0.2) is 26.7 Å². The van der Waals surface area contributed by atoms with Gasteiger partial charge in [-0.2, -0.15) is 0 Å². The van der Waals surface area contributed by atoms with Crippen molar-refractivity contribution in [1.82, 2.24) is 0 Å². The van der Waals surface area contributed by atoms with E-state index in [1.165, 1.54) is 6.26 Å². The van der Waals surface area contributed by atoms with Crippen molar-refractivity contribution < 1.29 is 13.2 Å². The zero-order valence-corrected chi connectivity index (χ0v) is 8.98. The first kappa shape index (κ1) is 12.6. The Morgan fingerprint density at radius 3 is 2.08 bits per heavy atom. The van der Waals surface area contributed by atoms with Crippen molar-refractivity contribution in [1.29, 1.82) is 0 Å². The van der Waals surface area contributed by atoms with Crippen molar-refractivity contribution in [2.45, 2.75) is 38.5 Å². The Morgan fingerprint density at radius 1 is 1.00 bits per heavy atom. The molecule has 0 saturated carbocycles. The van der Waals surface area contributed by atoms with E-state index in [-0.39, 0.29) is 0 Å². The summed E-state index contributed by atoms with van der Waals surface area (Å²) in [6, 6.07) is 0. The number of carbonyl (C=O) groups excluding carboxylic acids is 1. The summed E-state index contributed by atoms with van der Waals surface area (Å²) in [5.41, 5.74) is 0. The number of hydrogen-bond acceptors (Lipinski definition) is 3. The van der Waals surface area contributed by atoms with Crippen molar-refractivity contribution in [3.8, 4) is 0 Å². The van der Waals surface area contributed by atoms with Crippen LogP contribution in [0, 0.1) is 0 Å². The van der Waals surface area contributed by atoms with Crippen molar-refractivity contribution in [2.24, 2.45) is 0 Å². The highest BCUT2D eigenvalue weighted by Gasteiger charge is 2.00. The largest absolute Gasteiger partial charge is 0.303 e. The molecule has 0 aromatic carbocycles. The Labute approximate surface area is 80.4 Å². The molecule has 0 radical (unpaired) electrons. The summed E-state index contributed by atoms with van der Waals surface area (Å²) in [6.45, 7) is 0. The van der Waals surface area contributed by atoms with Gasteiger partial charge in [-0.1, -0.05) is 19.3 Å². The first-order valence-corrected chi connectivity index (χ1v) is 6.73. The molecule has 0 atom stereocenters. The molecule has 0 fully saturated rings. The lowest BCUT2D eigenvalue weighted by molar-refractivity contribution is -0.107. The van der Waals surface area contributed by atoms with Crippen molar-refractivity contribution >= 4 is 16.1 Å². The van der Waals surface area contributed by atoms with Gasteiger partial charge < -0.3 is 4.79 Å². The minimum absolute atomic E-state index is 0.292. The molecule has 0 aromatic rings. The lowest BCUT2D eigenvalue weighted by atomic mass is 10.1. The third-order valence-electron chi connectivity index (χ3n) is 1.84. The van der Waals surface area contributed by atoms with Crippen molar-refractivity contribution in [2.75, 3.05) is 12.0 Å². The molecular formula is C9H18O3S. The highest BCUT2D eigenvalue weighted by Crippen LogP contribution is 2.05. The Hall–Kier alpha value is -0.380. The molecule has 0 aliphatic carbocycles. The molecular weight excluding hydrogens is 188 g/mol. The minimum Gasteiger partial charge on any atom is -0.303 e. The second-order valence-corrected chi connectivity index (χ2v) is 5.61. The van der Waals surface area contributed by atoms with E-state index in [0.29, 0.717) is 12.2 Å². The summed E-state index contributed by atoms with van der Waals surface area (Å²) >= 11 is 0.